The maximum atomic E-state index is 12.1. The number of amides is 3. The molecule has 3 amide bonds. The summed E-state index contributed by atoms with van der Waals surface area (Å²) in [4.78, 5) is 25.2. The van der Waals surface area contributed by atoms with E-state index in [0.717, 1.165) is 18.6 Å². The van der Waals surface area contributed by atoms with Crippen LogP contribution in [0.1, 0.15) is 33.1 Å². The number of rotatable bonds is 4. The lowest BCUT2D eigenvalue weighted by molar-refractivity contribution is -0.131. The van der Waals surface area contributed by atoms with Gasteiger partial charge in [0.15, 0.2) is 0 Å². The van der Waals surface area contributed by atoms with E-state index in [9.17, 15) is 9.59 Å². The molecule has 0 radical (unpaired) electrons. The molecule has 0 bridgehead atoms. The molecule has 4 nitrogen and oxygen atoms in total. The number of nitrogens with zero attached hydrogens (tertiary/aromatic N) is 1. The first kappa shape index (κ1) is 11.8. The zero-order valence-corrected chi connectivity index (χ0v) is 10.6. The van der Waals surface area contributed by atoms with Crippen molar-refractivity contribution in [1.82, 2.24) is 10.2 Å². The molecule has 0 aromatic rings. The second-order valence-corrected chi connectivity index (χ2v) is 5.48. The Balaban J connectivity index is 2.11. The highest BCUT2D eigenvalue weighted by Gasteiger charge is 2.51. The van der Waals surface area contributed by atoms with Gasteiger partial charge in [0.25, 0.3) is 5.91 Å². The van der Waals surface area contributed by atoms with Gasteiger partial charge < -0.3 is 5.32 Å². The minimum absolute atomic E-state index is 0.0898. The molecule has 2 aliphatic rings. The SMILES string of the molecule is CCC1(C)NC(=O)N(CC2(CS)CC2)C1=O. The van der Waals surface area contributed by atoms with Crippen LogP contribution in [0.15, 0.2) is 0 Å². The number of carbonyl (C=O) groups excluding carboxylic acids is 2. The summed E-state index contributed by atoms with van der Waals surface area (Å²) in [5.74, 6) is 0.653. The fraction of sp³-hybridized carbons (Fsp3) is 0.818. The van der Waals surface area contributed by atoms with Crippen molar-refractivity contribution in [1.29, 1.82) is 0 Å². The lowest BCUT2D eigenvalue weighted by atomic mass is 9.99. The summed E-state index contributed by atoms with van der Waals surface area (Å²) in [6.07, 6.45) is 2.76. The smallest absolute Gasteiger partial charge is 0.323 e. The van der Waals surface area contributed by atoms with Crippen molar-refractivity contribution in [2.45, 2.75) is 38.6 Å². The van der Waals surface area contributed by atoms with Crippen LogP contribution < -0.4 is 5.32 Å². The second kappa shape index (κ2) is 3.65. The van der Waals surface area contributed by atoms with Crippen molar-refractivity contribution in [2.75, 3.05) is 12.3 Å². The standard InChI is InChI=1S/C11H18N2O2S/c1-3-10(2)8(14)13(9(15)12-10)6-11(7-16)4-5-11/h16H,3-7H2,1-2H3,(H,12,15). The Labute approximate surface area is 101 Å². The lowest BCUT2D eigenvalue weighted by Crippen LogP contribution is -2.43. The molecular formula is C11H18N2O2S. The van der Waals surface area contributed by atoms with Crippen LogP contribution in [0.5, 0.6) is 0 Å². The van der Waals surface area contributed by atoms with Crippen molar-refractivity contribution in [3.63, 3.8) is 0 Å². The molecule has 1 saturated heterocycles. The monoisotopic (exact) mass is 242 g/mol. The molecule has 0 aromatic heterocycles. The molecule has 1 unspecified atom stereocenters. The predicted octanol–water partition coefficient (Wildman–Crippen LogP) is 1.42. The van der Waals surface area contributed by atoms with Crippen LogP contribution in [-0.4, -0.2) is 34.7 Å². The van der Waals surface area contributed by atoms with Crippen molar-refractivity contribution >= 4 is 24.6 Å². The average molecular weight is 242 g/mol. The average Bonchev–Trinajstić information content (AvgIpc) is 3.01. The van der Waals surface area contributed by atoms with Gasteiger partial charge in [0.1, 0.15) is 5.54 Å². The molecule has 1 saturated carbocycles. The van der Waals surface area contributed by atoms with Crippen molar-refractivity contribution in [2.24, 2.45) is 5.41 Å². The van der Waals surface area contributed by atoms with Gasteiger partial charge in [-0.25, -0.2) is 4.79 Å². The molecule has 5 heteroatoms. The predicted molar refractivity (Wildman–Crippen MR) is 64.5 cm³/mol. The third-order valence-electron chi connectivity index (χ3n) is 3.84. The van der Waals surface area contributed by atoms with Gasteiger partial charge in [0, 0.05) is 6.54 Å². The lowest BCUT2D eigenvalue weighted by Gasteiger charge is -2.22. The van der Waals surface area contributed by atoms with Crippen LogP contribution in [-0.2, 0) is 4.79 Å². The molecule has 1 N–H and O–H groups in total. The Morgan fingerprint density at radius 2 is 2.06 bits per heavy atom. The Kier molecular flexibility index (Phi) is 2.69. The molecule has 1 aliphatic carbocycles. The first-order valence-electron chi connectivity index (χ1n) is 5.71. The van der Waals surface area contributed by atoms with Crippen LogP contribution in [0.25, 0.3) is 0 Å². The van der Waals surface area contributed by atoms with Crippen molar-refractivity contribution in [3.05, 3.63) is 0 Å². The van der Waals surface area contributed by atoms with Crippen LogP contribution in [0.2, 0.25) is 0 Å². The highest BCUT2D eigenvalue weighted by Crippen LogP contribution is 2.47. The minimum atomic E-state index is -0.705. The van der Waals surface area contributed by atoms with Gasteiger partial charge in [0.05, 0.1) is 0 Å². The molecule has 1 aliphatic heterocycles. The molecule has 0 aromatic carbocycles. The Morgan fingerprint density at radius 1 is 1.44 bits per heavy atom. The number of hydrogen-bond donors (Lipinski definition) is 2. The normalized spacial score (nSPS) is 31.8. The van der Waals surface area contributed by atoms with Crippen LogP contribution >= 0.6 is 12.6 Å². The number of nitrogens with one attached hydrogen (secondary N) is 1. The molecule has 1 heterocycles. The van der Waals surface area contributed by atoms with Gasteiger partial charge in [-0.3, -0.25) is 9.69 Å². The number of thiol groups is 1. The van der Waals surface area contributed by atoms with Gasteiger partial charge in [-0.15, -0.1) is 0 Å². The molecule has 90 valence electrons. The molecular weight excluding hydrogens is 224 g/mol. The first-order chi connectivity index (χ1) is 7.46. The molecule has 0 spiro atoms. The summed E-state index contributed by atoms with van der Waals surface area (Å²) in [5, 5.41) is 2.77. The van der Waals surface area contributed by atoms with Gasteiger partial charge in [-0.05, 0) is 37.4 Å². The third-order valence-corrected chi connectivity index (χ3v) is 4.51. The number of carbonyl (C=O) groups is 2. The van der Waals surface area contributed by atoms with Gasteiger partial charge in [-0.1, -0.05) is 6.92 Å². The van der Waals surface area contributed by atoms with E-state index >= 15 is 0 Å². The number of hydrogen-bond acceptors (Lipinski definition) is 3. The molecule has 1 atom stereocenters. The number of imide groups is 1. The summed E-state index contributed by atoms with van der Waals surface area (Å²) in [6.45, 7) is 4.22. The molecule has 2 rings (SSSR count). The summed E-state index contributed by atoms with van der Waals surface area (Å²) in [6, 6.07) is -0.248. The fourth-order valence-electron chi connectivity index (χ4n) is 2.01. The van der Waals surface area contributed by atoms with E-state index in [4.69, 9.17) is 0 Å². The van der Waals surface area contributed by atoms with Gasteiger partial charge in [0.2, 0.25) is 0 Å². The van der Waals surface area contributed by atoms with Gasteiger partial charge in [-0.2, -0.15) is 12.6 Å². The highest BCUT2D eigenvalue weighted by atomic mass is 32.1. The summed E-state index contributed by atoms with van der Waals surface area (Å²) in [7, 11) is 0. The van der Waals surface area contributed by atoms with E-state index < -0.39 is 5.54 Å². The van der Waals surface area contributed by atoms with Crippen LogP contribution in [0.4, 0.5) is 4.79 Å². The Morgan fingerprint density at radius 3 is 2.44 bits per heavy atom. The van der Waals surface area contributed by atoms with E-state index in [-0.39, 0.29) is 17.4 Å². The summed E-state index contributed by atoms with van der Waals surface area (Å²) in [5.41, 5.74) is -0.612. The molecule has 2 fully saturated rings. The second-order valence-electron chi connectivity index (χ2n) is 5.17. The maximum absolute atomic E-state index is 12.1. The topological polar surface area (TPSA) is 49.4 Å². The largest absolute Gasteiger partial charge is 0.325 e. The van der Waals surface area contributed by atoms with E-state index in [2.05, 4.69) is 17.9 Å². The highest BCUT2D eigenvalue weighted by molar-refractivity contribution is 7.80. The Hall–Kier alpha value is -0.710. The fourth-order valence-corrected chi connectivity index (χ4v) is 2.42. The van der Waals surface area contributed by atoms with Crippen LogP contribution in [0, 0.1) is 5.41 Å². The third kappa shape index (κ3) is 1.71. The molecule has 16 heavy (non-hydrogen) atoms. The number of urea groups is 1. The zero-order chi connectivity index (χ0) is 12.0. The van der Waals surface area contributed by atoms with E-state index in [0.29, 0.717) is 13.0 Å². The quantitative estimate of drug-likeness (QED) is 0.578. The summed E-state index contributed by atoms with van der Waals surface area (Å²) >= 11 is 4.29. The zero-order valence-electron chi connectivity index (χ0n) is 9.75. The van der Waals surface area contributed by atoms with Gasteiger partial charge >= 0.3 is 6.03 Å². The van der Waals surface area contributed by atoms with E-state index in [1.165, 1.54) is 4.90 Å². The first-order valence-corrected chi connectivity index (χ1v) is 6.35. The maximum Gasteiger partial charge on any atom is 0.325 e. The van der Waals surface area contributed by atoms with Crippen molar-refractivity contribution < 1.29 is 9.59 Å². The minimum Gasteiger partial charge on any atom is -0.323 e. The van der Waals surface area contributed by atoms with Crippen LogP contribution in [0.3, 0.4) is 0 Å². The van der Waals surface area contributed by atoms with E-state index in [1.807, 2.05) is 6.92 Å². The van der Waals surface area contributed by atoms with Crippen molar-refractivity contribution in [3.8, 4) is 0 Å². The Bertz CT molecular complexity index is 341. The van der Waals surface area contributed by atoms with E-state index in [1.54, 1.807) is 6.92 Å². The summed E-state index contributed by atoms with van der Waals surface area (Å²) < 4.78 is 0.